The van der Waals surface area contributed by atoms with Crippen LogP contribution in [0, 0.1) is 12.3 Å². The van der Waals surface area contributed by atoms with Crippen molar-refractivity contribution in [3.63, 3.8) is 0 Å². The molecule has 2 aliphatic heterocycles. The Morgan fingerprint density at radius 2 is 2.20 bits per heavy atom. The minimum atomic E-state index is -0.334. The molecular formula is C21H28N4O4S. The van der Waals surface area contributed by atoms with Crippen LogP contribution in [-0.4, -0.2) is 53.0 Å². The highest BCUT2D eigenvalue weighted by Crippen LogP contribution is 2.37. The number of carbonyl (C=O) groups excluding carboxylic acids is 2. The normalized spacial score (nSPS) is 18.0. The average Bonchev–Trinajstić information content (AvgIpc) is 3.30. The summed E-state index contributed by atoms with van der Waals surface area (Å²) in [6, 6.07) is 0. The number of aryl methyl sites for hydroxylation is 3. The third-order valence-electron chi connectivity index (χ3n) is 5.99. The zero-order valence-electron chi connectivity index (χ0n) is 17.5. The lowest BCUT2D eigenvalue weighted by molar-refractivity contribution is 0.0160. The van der Waals surface area contributed by atoms with Crippen molar-refractivity contribution in [2.45, 2.75) is 52.5 Å². The highest BCUT2D eigenvalue weighted by molar-refractivity contribution is 7.13. The molecule has 0 atom stereocenters. The number of esters is 1. The number of nitrogens with one attached hydrogen (secondary N) is 1. The van der Waals surface area contributed by atoms with E-state index in [9.17, 15) is 9.59 Å². The van der Waals surface area contributed by atoms with E-state index in [2.05, 4.69) is 10.3 Å². The van der Waals surface area contributed by atoms with Gasteiger partial charge in [-0.3, -0.25) is 9.48 Å². The Bertz CT molecular complexity index is 930. The van der Waals surface area contributed by atoms with E-state index in [-0.39, 0.29) is 17.3 Å². The van der Waals surface area contributed by atoms with Gasteiger partial charge in [-0.15, -0.1) is 11.3 Å². The maximum atomic E-state index is 12.8. The summed E-state index contributed by atoms with van der Waals surface area (Å²) in [6.07, 6.45) is 5.60. The Kier molecular flexibility index (Phi) is 6.19. The molecule has 0 saturated carbocycles. The maximum absolute atomic E-state index is 12.8. The first-order valence-corrected chi connectivity index (χ1v) is 11.4. The van der Waals surface area contributed by atoms with Gasteiger partial charge in [0.05, 0.1) is 23.5 Å². The molecule has 0 bridgehead atoms. The van der Waals surface area contributed by atoms with E-state index in [1.807, 2.05) is 18.5 Å². The Balaban J connectivity index is 1.46. The van der Waals surface area contributed by atoms with Crippen molar-refractivity contribution in [3.05, 3.63) is 33.0 Å². The molecule has 1 amide bonds. The van der Waals surface area contributed by atoms with Crippen molar-refractivity contribution in [2.75, 3.05) is 26.4 Å². The summed E-state index contributed by atoms with van der Waals surface area (Å²) in [6.45, 7) is 6.96. The topological polar surface area (TPSA) is 95.3 Å². The summed E-state index contributed by atoms with van der Waals surface area (Å²) < 4.78 is 12.8. The number of hydrogen-bond donors (Lipinski definition) is 1. The molecule has 0 radical (unpaired) electrons. The quantitative estimate of drug-likeness (QED) is 0.557. The fourth-order valence-corrected chi connectivity index (χ4v) is 4.97. The number of nitrogens with zero attached hydrogens (tertiary/aromatic N) is 3. The Morgan fingerprint density at radius 1 is 1.40 bits per heavy atom. The van der Waals surface area contributed by atoms with Crippen LogP contribution < -0.4 is 5.32 Å². The van der Waals surface area contributed by atoms with Crippen LogP contribution in [0.2, 0.25) is 0 Å². The summed E-state index contributed by atoms with van der Waals surface area (Å²) >= 11 is 1.33. The summed E-state index contributed by atoms with van der Waals surface area (Å²) in [5.41, 5.74) is 2.72. The smallest absolute Gasteiger partial charge is 0.349 e. The molecule has 0 aromatic carbocycles. The second-order valence-electron chi connectivity index (χ2n) is 8.04. The SMILES string of the molecule is CCn1nc(CCCOC(=O)c2cnc(C)s2)c2c1C(=O)NCC1(CCOCC1)C2. The van der Waals surface area contributed by atoms with Gasteiger partial charge in [-0.2, -0.15) is 5.10 Å². The third-order valence-corrected chi connectivity index (χ3v) is 6.88. The number of thiazole rings is 1. The maximum Gasteiger partial charge on any atom is 0.349 e. The van der Waals surface area contributed by atoms with Crippen LogP contribution in [0.15, 0.2) is 6.20 Å². The van der Waals surface area contributed by atoms with E-state index in [0.717, 1.165) is 48.7 Å². The van der Waals surface area contributed by atoms with Crippen molar-refractivity contribution >= 4 is 23.2 Å². The molecule has 30 heavy (non-hydrogen) atoms. The third kappa shape index (κ3) is 4.27. The zero-order valence-corrected chi connectivity index (χ0v) is 18.3. The molecule has 2 aliphatic rings. The predicted octanol–water partition coefficient (Wildman–Crippen LogP) is 2.54. The lowest BCUT2D eigenvalue weighted by Gasteiger charge is -2.36. The largest absolute Gasteiger partial charge is 0.461 e. The van der Waals surface area contributed by atoms with Crippen LogP contribution in [0.25, 0.3) is 0 Å². The summed E-state index contributed by atoms with van der Waals surface area (Å²) in [5.74, 6) is -0.375. The van der Waals surface area contributed by atoms with E-state index in [0.29, 0.717) is 43.1 Å². The average molecular weight is 433 g/mol. The Labute approximate surface area is 180 Å². The first-order chi connectivity index (χ1) is 14.5. The van der Waals surface area contributed by atoms with Gasteiger partial charge in [0.2, 0.25) is 0 Å². The standard InChI is InChI=1S/C21H28N4O4S/c1-3-25-18-15(11-21(13-23-19(18)26)6-9-28-10-7-21)16(24-25)5-4-8-29-20(27)17-12-22-14(2)30-17/h12H,3-11,13H2,1-2H3,(H,23,26). The molecular weight excluding hydrogens is 404 g/mol. The van der Waals surface area contributed by atoms with Gasteiger partial charge in [-0.25, -0.2) is 9.78 Å². The van der Waals surface area contributed by atoms with Crippen molar-refractivity contribution in [1.82, 2.24) is 20.1 Å². The van der Waals surface area contributed by atoms with E-state index >= 15 is 0 Å². The molecule has 9 heteroatoms. The van der Waals surface area contributed by atoms with Gasteiger partial charge in [0, 0.05) is 31.9 Å². The van der Waals surface area contributed by atoms with Gasteiger partial charge in [0.15, 0.2) is 0 Å². The molecule has 8 nitrogen and oxygen atoms in total. The Morgan fingerprint density at radius 3 is 2.90 bits per heavy atom. The zero-order chi connectivity index (χ0) is 21.1. The minimum absolute atomic E-state index is 0.0337. The molecule has 1 saturated heterocycles. The highest BCUT2D eigenvalue weighted by Gasteiger charge is 2.39. The highest BCUT2D eigenvalue weighted by atomic mass is 32.1. The van der Waals surface area contributed by atoms with Gasteiger partial charge in [-0.1, -0.05) is 0 Å². The van der Waals surface area contributed by atoms with E-state index < -0.39 is 0 Å². The van der Waals surface area contributed by atoms with Crippen LogP contribution in [0.3, 0.4) is 0 Å². The molecule has 2 aromatic rings. The fraction of sp³-hybridized carbons (Fsp3) is 0.619. The first kappa shape index (κ1) is 21.0. The number of rotatable bonds is 6. The summed E-state index contributed by atoms with van der Waals surface area (Å²) in [7, 11) is 0. The summed E-state index contributed by atoms with van der Waals surface area (Å²) in [4.78, 5) is 29.5. The number of aromatic nitrogens is 3. The summed E-state index contributed by atoms with van der Waals surface area (Å²) in [5, 5.41) is 8.70. The number of carbonyl (C=O) groups is 2. The predicted molar refractivity (Wildman–Crippen MR) is 112 cm³/mol. The van der Waals surface area contributed by atoms with Crippen LogP contribution in [-0.2, 0) is 28.9 Å². The van der Waals surface area contributed by atoms with Crippen LogP contribution in [0.4, 0.5) is 0 Å². The first-order valence-electron chi connectivity index (χ1n) is 10.6. The van der Waals surface area contributed by atoms with Gasteiger partial charge in [-0.05, 0) is 51.4 Å². The van der Waals surface area contributed by atoms with Crippen LogP contribution in [0.1, 0.15) is 62.6 Å². The number of fused-ring (bicyclic) bond motifs is 1. The monoisotopic (exact) mass is 432 g/mol. The molecule has 4 rings (SSSR count). The van der Waals surface area contributed by atoms with Crippen LogP contribution in [0.5, 0.6) is 0 Å². The molecule has 1 fully saturated rings. The van der Waals surface area contributed by atoms with Gasteiger partial charge in [0.1, 0.15) is 10.6 Å². The lowest BCUT2D eigenvalue weighted by Crippen LogP contribution is -2.40. The Hall–Kier alpha value is -2.26. The molecule has 1 N–H and O–H groups in total. The molecule has 4 heterocycles. The van der Waals surface area contributed by atoms with Gasteiger partial charge < -0.3 is 14.8 Å². The molecule has 162 valence electrons. The second-order valence-corrected chi connectivity index (χ2v) is 9.28. The van der Waals surface area contributed by atoms with E-state index in [1.54, 1.807) is 6.20 Å². The van der Waals surface area contributed by atoms with E-state index in [4.69, 9.17) is 14.6 Å². The van der Waals surface area contributed by atoms with Gasteiger partial charge >= 0.3 is 5.97 Å². The molecule has 1 spiro atoms. The molecule has 0 unspecified atom stereocenters. The van der Waals surface area contributed by atoms with Crippen molar-refractivity contribution in [2.24, 2.45) is 5.41 Å². The van der Waals surface area contributed by atoms with Gasteiger partial charge in [0.25, 0.3) is 5.91 Å². The molecule has 0 aliphatic carbocycles. The lowest BCUT2D eigenvalue weighted by atomic mass is 9.75. The fourth-order valence-electron chi connectivity index (χ4n) is 4.30. The molecule has 2 aromatic heterocycles. The van der Waals surface area contributed by atoms with E-state index in [1.165, 1.54) is 11.3 Å². The van der Waals surface area contributed by atoms with Crippen molar-refractivity contribution < 1.29 is 19.1 Å². The van der Waals surface area contributed by atoms with Crippen molar-refractivity contribution in [1.29, 1.82) is 0 Å². The van der Waals surface area contributed by atoms with Crippen molar-refractivity contribution in [3.8, 4) is 0 Å². The number of amides is 1. The second kappa shape index (κ2) is 8.85. The van der Waals surface area contributed by atoms with Crippen LogP contribution >= 0.6 is 11.3 Å². The number of hydrogen-bond acceptors (Lipinski definition) is 7. The minimum Gasteiger partial charge on any atom is -0.461 e. The number of ether oxygens (including phenoxy) is 2.